The fourth-order valence-electron chi connectivity index (χ4n) is 4.74. The van der Waals surface area contributed by atoms with Crippen molar-refractivity contribution >= 4 is 23.2 Å². The molecule has 0 fully saturated rings. The number of Topliss-reactive ketones (excluding diaryl/α,β-unsaturated/α-hetero) is 1. The van der Waals surface area contributed by atoms with Crippen LogP contribution < -0.4 is 14.2 Å². The number of nitrogens with zero attached hydrogens (tertiary/aromatic N) is 2. The molecule has 2 heterocycles. The van der Waals surface area contributed by atoms with Crippen LogP contribution >= 0.6 is 11.6 Å². The number of hydrogen-bond donors (Lipinski definition) is 0. The second kappa shape index (κ2) is 10.3. The lowest BCUT2D eigenvalue weighted by Crippen LogP contribution is -2.55. The number of benzene rings is 1. The van der Waals surface area contributed by atoms with Crippen LogP contribution in [0, 0.1) is 5.92 Å². The topological polar surface area (TPSA) is 87.2 Å². The first-order valence-corrected chi connectivity index (χ1v) is 11.8. The molecular formula is C26H29ClN2O6. The highest BCUT2D eigenvalue weighted by Gasteiger charge is 2.60. The summed E-state index contributed by atoms with van der Waals surface area (Å²) in [6, 6.07) is 7.27. The number of fused-ring (bicyclic) bond motifs is 1. The predicted molar refractivity (Wildman–Crippen MR) is 130 cm³/mol. The Morgan fingerprint density at radius 1 is 1.20 bits per heavy atom. The summed E-state index contributed by atoms with van der Waals surface area (Å²) >= 11 is 6.48. The maximum atomic E-state index is 13.7. The first-order chi connectivity index (χ1) is 16.9. The molecule has 0 radical (unpaired) electrons. The van der Waals surface area contributed by atoms with Gasteiger partial charge in [0.25, 0.3) is 0 Å². The lowest BCUT2D eigenvalue weighted by atomic mass is 9.74. The third-order valence-corrected chi connectivity index (χ3v) is 6.91. The lowest BCUT2D eigenvalue weighted by molar-refractivity contribution is -0.129. The summed E-state index contributed by atoms with van der Waals surface area (Å²) in [4.78, 5) is 33.9. The summed E-state index contributed by atoms with van der Waals surface area (Å²) in [6.07, 6.45) is 4.51. The van der Waals surface area contributed by atoms with Gasteiger partial charge in [-0.1, -0.05) is 24.6 Å². The van der Waals surface area contributed by atoms with Gasteiger partial charge < -0.3 is 23.8 Å². The molecule has 1 spiro atoms. The molecule has 1 aromatic heterocycles. The minimum Gasteiger partial charge on any atom is -0.496 e. The van der Waals surface area contributed by atoms with Crippen LogP contribution in [0.3, 0.4) is 0 Å². The normalized spacial score (nSPS) is 20.9. The highest BCUT2D eigenvalue weighted by Crippen LogP contribution is 2.53. The minimum atomic E-state index is -1.70. The molecule has 0 amide bonds. The first kappa shape index (κ1) is 25.0. The molecule has 8 nitrogen and oxygen atoms in total. The number of ether oxygens (including phenoxy) is 4. The predicted octanol–water partition coefficient (Wildman–Crippen LogP) is 4.10. The average molecular weight is 501 g/mol. The van der Waals surface area contributed by atoms with Gasteiger partial charge in [-0.3, -0.25) is 14.6 Å². The lowest BCUT2D eigenvalue weighted by Gasteiger charge is -2.38. The monoisotopic (exact) mass is 500 g/mol. The maximum absolute atomic E-state index is 13.7. The highest BCUT2D eigenvalue weighted by atomic mass is 35.5. The molecule has 0 saturated heterocycles. The van der Waals surface area contributed by atoms with Gasteiger partial charge in [-0.25, -0.2) is 0 Å². The summed E-state index contributed by atoms with van der Waals surface area (Å²) in [5, 5.41) is 0.139. The summed E-state index contributed by atoms with van der Waals surface area (Å²) in [7, 11) is 4.57. The van der Waals surface area contributed by atoms with E-state index in [1.165, 1.54) is 26.4 Å². The zero-order chi connectivity index (χ0) is 25.2. The van der Waals surface area contributed by atoms with Gasteiger partial charge in [0.15, 0.2) is 5.75 Å². The zero-order valence-electron chi connectivity index (χ0n) is 20.3. The number of halogens is 1. The van der Waals surface area contributed by atoms with Crippen molar-refractivity contribution in [2.45, 2.75) is 31.9 Å². The van der Waals surface area contributed by atoms with Crippen LogP contribution in [0.25, 0.3) is 0 Å². The number of carbonyl (C=O) groups is 2. The Bertz CT molecular complexity index is 1150. The van der Waals surface area contributed by atoms with E-state index in [9.17, 15) is 9.59 Å². The zero-order valence-corrected chi connectivity index (χ0v) is 21.1. The van der Waals surface area contributed by atoms with Crippen LogP contribution in [0.4, 0.5) is 0 Å². The van der Waals surface area contributed by atoms with Crippen LogP contribution in [0.1, 0.15) is 35.8 Å². The second-order valence-corrected chi connectivity index (χ2v) is 9.04. The van der Waals surface area contributed by atoms with Gasteiger partial charge in [0, 0.05) is 50.2 Å². The van der Waals surface area contributed by atoms with Gasteiger partial charge in [0.1, 0.15) is 22.1 Å². The molecule has 0 bridgehead atoms. The van der Waals surface area contributed by atoms with Crippen molar-refractivity contribution in [3.05, 3.63) is 58.5 Å². The Balaban J connectivity index is 1.69. The molecule has 186 valence electrons. The summed E-state index contributed by atoms with van der Waals surface area (Å²) in [6.45, 7) is 3.65. The fourth-order valence-corrected chi connectivity index (χ4v) is 5.00. The molecule has 1 aromatic carbocycles. The van der Waals surface area contributed by atoms with Crippen molar-refractivity contribution in [2.75, 3.05) is 34.5 Å². The van der Waals surface area contributed by atoms with E-state index in [2.05, 4.69) is 9.88 Å². The van der Waals surface area contributed by atoms with E-state index in [-0.39, 0.29) is 22.1 Å². The Morgan fingerprint density at radius 2 is 1.97 bits per heavy atom. The standard InChI is InChI=1S/C26H29ClN2O6/c1-16-12-18(29(10-7-11-32-2)15-17-8-5-6-9-28-17)13-21(30)26(16)25(31)22-19(33-3)14-20(34-4)23(27)24(22)35-26/h5-6,8-9,13-14,16H,7,10-12,15H2,1-4H3/t16-,26+/m1/s1. The molecule has 0 N–H and O–H groups in total. The summed E-state index contributed by atoms with van der Waals surface area (Å²) in [5.74, 6) is -0.626. The number of carbonyl (C=O) groups excluding carboxylic acids is 2. The molecular weight excluding hydrogens is 472 g/mol. The number of aromatic nitrogens is 1. The van der Waals surface area contributed by atoms with Gasteiger partial charge in [0.2, 0.25) is 17.2 Å². The van der Waals surface area contributed by atoms with E-state index in [1.54, 1.807) is 13.3 Å². The van der Waals surface area contributed by atoms with Crippen LogP contribution in [-0.4, -0.2) is 61.5 Å². The molecule has 1 aliphatic heterocycles. The Labute approximate surface area is 209 Å². The Hall–Kier alpha value is -3.10. The second-order valence-electron chi connectivity index (χ2n) is 8.66. The van der Waals surface area contributed by atoms with Crippen molar-refractivity contribution in [1.82, 2.24) is 9.88 Å². The number of rotatable bonds is 9. The van der Waals surface area contributed by atoms with Crippen molar-refractivity contribution < 1.29 is 28.5 Å². The molecule has 1 aliphatic carbocycles. The number of pyridine rings is 1. The maximum Gasteiger partial charge on any atom is 0.236 e. The molecule has 2 aliphatic rings. The molecule has 0 saturated carbocycles. The number of ketones is 2. The third kappa shape index (κ3) is 4.36. The van der Waals surface area contributed by atoms with E-state index in [0.717, 1.165) is 17.8 Å². The van der Waals surface area contributed by atoms with Gasteiger partial charge in [-0.15, -0.1) is 0 Å². The van der Waals surface area contributed by atoms with E-state index < -0.39 is 23.1 Å². The number of allylic oxidation sites excluding steroid dienone is 1. The van der Waals surface area contributed by atoms with E-state index in [0.29, 0.717) is 31.9 Å². The number of methoxy groups -OCH3 is 3. The van der Waals surface area contributed by atoms with Crippen LogP contribution in [0.2, 0.25) is 5.02 Å². The minimum absolute atomic E-state index is 0.121. The van der Waals surface area contributed by atoms with Gasteiger partial charge in [0.05, 0.1) is 26.5 Å². The quantitative estimate of drug-likeness (QED) is 0.376. The van der Waals surface area contributed by atoms with Crippen molar-refractivity contribution in [2.24, 2.45) is 5.92 Å². The van der Waals surface area contributed by atoms with E-state index in [4.69, 9.17) is 30.5 Å². The van der Waals surface area contributed by atoms with Gasteiger partial charge >= 0.3 is 0 Å². The fraction of sp³-hybridized carbons (Fsp3) is 0.423. The average Bonchev–Trinajstić information content (AvgIpc) is 3.18. The molecule has 4 rings (SSSR count). The SMILES string of the molecule is COCCCN(Cc1ccccn1)C1=CC(=O)[C@@]2(Oc3c(Cl)c(OC)cc(OC)c3C2=O)[C@H](C)C1. The van der Waals surface area contributed by atoms with Crippen molar-refractivity contribution in [3.63, 3.8) is 0 Å². The van der Waals surface area contributed by atoms with E-state index in [1.807, 2.05) is 25.1 Å². The smallest absolute Gasteiger partial charge is 0.236 e. The molecule has 9 heteroatoms. The summed E-state index contributed by atoms with van der Waals surface area (Å²) < 4.78 is 22.1. The van der Waals surface area contributed by atoms with Crippen LogP contribution in [0.5, 0.6) is 17.2 Å². The van der Waals surface area contributed by atoms with Crippen LogP contribution in [0.15, 0.2) is 42.2 Å². The van der Waals surface area contributed by atoms with Crippen LogP contribution in [-0.2, 0) is 16.1 Å². The molecule has 35 heavy (non-hydrogen) atoms. The third-order valence-electron chi connectivity index (χ3n) is 6.55. The Kier molecular flexibility index (Phi) is 7.33. The highest BCUT2D eigenvalue weighted by molar-refractivity contribution is 6.36. The van der Waals surface area contributed by atoms with Gasteiger partial charge in [-0.05, 0) is 25.0 Å². The first-order valence-electron chi connectivity index (χ1n) is 11.4. The summed E-state index contributed by atoms with van der Waals surface area (Å²) in [5.41, 5.74) is 0.187. The molecule has 0 unspecified atom stereocenters. The Morgan fingerprint density at radius 3 is 2.60 bits per heavy atom. The van der Waals surface area contributed by atoms with Gasteiger partial charge in [-0.2, -0.15) is 0 Å². The van der Waals surface area contributed by atoms with Crippen molar-refractivity contribution in [3.8, 4) is 17.2 Å². The molecule has 2 atom stereocenters. The molecule has 2 aromatic rings. The van der Waals surface area contributed by atoms with Crippen molar-refractivity contribution in [1.29, 1.82) is 0 Å². The van der Waals surface area contributed by atoms with E-state index >= 15 is 0 Å². The number of hydrogen-bond acceptors (Lipinski definition) is 8. The largest absolute Gasteiger partial charge is 0.496 e.